The molecule has 1 aliphatic rings. The number of furan rings is 1. The molecule has 3 aromatic rings. The Morgan fingerprint density at radius 1 is 1.27 bits per heavy atom. The Morgan fingerprint density at radius 3 is 2.95 bits per heavy atom. The molecule has 0 atom stereocenters. The molecule has 0 aliphatic heterocycles. The van der Waals surface area contributed by atoms with Crippen molar-refractivity contribution in [3.05, 3.63) is 47.0 Å². The summed E-state index contributed by atoms with van der Waals surface area (Å²) in [6.45, 7) is 0. The predicted octanol–water partition coefficient (Wildman–Crippen LogP) is 4.25. The van der Waals surface area contributed by atoms with Crippen LogP contribution in [0.15, 0.2) is 41.0 Å². The molecule has 1 aromatic carbocycles. The van der Waals surface area contributed by atoms with Gasteiger partial charge in [0.05, 0.1) is 19.1 Å². The number of nitrogens with one attached hydrogen (secondary N) is 1. The van der Waals surface area contributed by atoms with Gasteiger partial charge in [0.25, 0.3) is 0 Å². The summed E-state index contributed by atoms with van der Waals surface area (Å²) in [6.07, 6.45) is 3.70. The summed E-state index contributed by atoms with van der Waals surface area (Å²) in [7, 11) is 1.70. The molecular formula is C16H14MnN2O2S+2. The standard InChI is InChI=1S/C16H14N2O2S.Mn/c1-19-11-5-6-12-10(9-11)4-7-13-15(12)18-16(21-13)17-14-3-2-8-20-14;/h2-3,5-6,8-9H,4,7H2,1H3,(H,17,18);/q;+2. The molecule has 22 heavy (non-hydrogen) atoms. The van der Waals surface area contributed by atoms with Gasteiger partial charge in [0.1, 0.15) is 5.75 Å². The van der Waals surface area contributed by atoms with E-state index in [1.807, 2.05) is 18.2 Å². The van der Waals surface area contributed by atoms with Gasteiger partial charge >= 0.3 is 17.1 Å². The smallest absolute Gasteiger partial charge is 0.497 e. The van der Waals surface area contributed by atoms with Crippen LogP contribution in [0.2, 0.25) is 0 Å². The van der Waals surface area contributed by atoms with Crippen molar-refractivity contribution in [3.63, 3.8) is 0 Å². The van der Waals surface area contributed by atoms with Crippen LogP contribution >= 0.6 is 11.3 Å². The molecule has 2 aromatic heterocycles. The largest absolute Gasteiger partial charge is 2.00 e. The molecule has 0 bridgehead atoms. The van der Waals surface area contributed by atoms with Gasteiger partial charge in [0, 0.05) is 16.5 Å². The number of hydrogen-bond acceptors (Lipinski definition) is 5. The van der Waals surface area contributed by atoms with Crippen LogP contribution in [0.3, 0.4) is 0 Å². The van der Waals surface area contributed by atoms with Crippen LogP contribution in [0, 0.1) is 0 Å². The van der Waals surface area contributed by atoms with Crippen molar-refractivity contribution in [2.24, 2.45) is 0 Å². The van der Waals surface area contributed by atoms with Crippen LogP contribution in [0.1, 0.15) is 10.4 Å². The van der Waals surface area contributed by atoms with Crippen LogP contribution in [0.5, 0.6) is 5.75 Å². The van der Waals surface area contributed by atoms with E-state index in [0.717, 1.165) is 35.3 Å². The maximum absolute atomic E-state index is 5.31. The summed E-state index contributed by atoms with van der Waals surface area (Å²) in [5.74, 6) is 1.62. The number of aromatic nitrogens is 1. The molecule has 0 fully saturated rings. The summed E-state index contributed by atoms with van der Waals surface area (Å²) in [4.78, 5) is 6.05. The molecule has 111 valence electrons. The number of rotatable bonds is 3. The normalized spacial score (nSPS) is 12.0. The van der Waals surface area contributed by atoms with Crippen LogP contribution < -0.4 is 10.1 Å². The monoisotopic (exact) mass is 353 g/mol. The average molecular weight is 353 g/mol. The van der Waals surface area contributed by atoms with Crippen molar-refractivity contribution in [1.29, 1.82) is 0 Å². The number of thiazole rings is 1. The third-order valence-corrected chi connectivity index (χ3v) is 4.67. The second kappa shape index (κ2) is 6.16. The molecule has 0 amide bonds. The van der Waals surface area contributed by atoms with E-state index in [2.05, 4.69) is 17.4 Å². The van der Waals surface area contributed by atoms with Gasteiger partial charge < -0.3 is 14.5 Å². The molecule has 4 nitrogen and oxygen atoms in total. The van der Waals surface area contributed by atoms with Gasteiger partial charge in [-0.15, -0.1) is 11.3 Å². The molecule has 1 N–H and O–H groups in total. The van der Waals surface area contributed by atoms with Gasteiger partial charge in [-0.2, -0.15) is 0 Å². The third-order valence-electron chi connectivity index (χ3n) is 3.64. The van der Waals surface area contributed by atoms with Crippen molar-refractivity contribution < 1.29 is 26.2 Å². The quantitative estimate of drug-likeness (QED) is 0.715. The minimum Gasteiger partial charge on any atom is -0.497 e. The van der Waals surface area contributed by atoms with Crippen LogP contribution in [0.25, 0.3) is 11.3 Å². The number of ether oxygens (including phenoxy) is 1. The van der Waals surface area contributed by atoms with E-state index in [1.165, 1.54) is 16.0 Å². The fraction of sp³-hybridized carbons (Fsp3) is 0.188. The first kappa shape index (κ1) is 15.2. The van der Waals surface area contributed by atoms with E-state index >= 15 is 0 Å². The summed E-state index contributed by atoms with van der Waals surface area (Å²) < 4.78 is 10.6. The number of fused-ring (bicyclic) bond motifs is 3. The molecule has 0 saturated carbocycles. The number of methoxy groups -OCH3 is 1. The first-order valence-electron chi connectivity index (χ1n) is 6.81. The Kier molecular flexibility index (Phi) is 4.25. The Bertz CT molecular complexity index is 784. The topological polar surface area (TPSA) is 47.3 Å². The predicted molar refractivity (Wildman–Crippen MR) is 83.5 cm³/mol. The Balaban J connectivity index is 0.00000144. The maximum atomic E-state index is 5.31. The van der Waals surface area contributed by atoms with E-state index < -0.39 is 0 Å². The number of benzene rings is 1. The van der Waals surface area contributed by atoms with Crippen molar-refractivity contribution in [2.75, 3.05) is 12.4 Å². The number of nitrogens with zero attached hydrogens (tertiary/aromatic N) is 1. The summed E-state index contributed by atoms with van der Waals surface area (Å²) >= 11 is 1.69. The third kappa shape index (κ3) is 2.65. The van der Waals surface area contributed by atoms with Gasteiger partial charge in [-0.05, 0) is 42.7 Å². The van der Waals surface area contributed by atoms with Crippen molar-refractivity contribution in [2.45, 2.75) is 12.8 Å². The molecule has 4 rings (SSSR count). The Hall–Kier alpha value is -1.75. The maximum Gasteiger partial charge on any atom is 2.00 e. The summed E-state index contributed by atoms with van der Waals surface area (Å²) in [5.41, 5.74) is 3.59. The van der Waals surface area contributed by atoms with E-state index in [-0.39, 0.29) is 17.1 Å². The summed E-state index contributed by atoms with van der Waals surface area (Å²) in [6, 6.07) is 9.95. The van der Waals surface area contributed by atoms with Gasteiger partial charge in [0.2, 0.25) is 0 Å². The first-order chi connectivity index (χ1) is 10.3. The number of aryl methyl sites for hydroxylation is 2. The second-order valence-electron chi connectivity index (χ2n) is 4.92. The zero-order valence-corrected chi connectivity index (χ0v) is 13.9. The van der Waals surface area contributed by atoms with E-state index in [1.54, 1.807) is 24.7 Å². The van der Waals surface area contributed by atoms with Gasteiger partial charge in [-0.1, -0.05) is 0 Å². The van der Waals surface area contributed by atoms with Gasteiger partial charge in [0.15, 0.2) is 11.0 Å². The second-order valence-corrected chi connectivity index (χ2v) is 6.00. The molecule has 0 unspecified atom stereocenters. The van der Waals surface area contributed by atoms with E-state index in [0.29, 0.717) is 0 Å². The van der Waals surface area contributed by atoms with Gasteiger partial charge in [-0.3, -0.25) is 0 Å². The van der Waals surface area contributed by atoms with E-state index in [4.69, 9.17) is 14.1 Å². The minimum absolute atomic E-state index is 0. The first-order valence-corrected chi connectivity index (χ1v) is 7.62. The van der Waals surface area contributed by atoms with Crippen LogP contribution in [0.4, 0.5) is 11.0 Å². The number of hydrogen-bond donors (Lipinski definition) is 1. The molecule has 2 heterocycles. The van der Waals surface area contributed by atoms with Crippen molar-refractivity contribution >= 4 is 22.4 Å². The van der Waals surface area contributed by atoms with Crippen LogP contribution in [-0.2, 0) is 29.9 Å². The molecule has 1 aliphatic carbocycles. The average Bonchev–Trinajstić information content (AvgIpc) is 3.15. The Labute approximate surface area is 143 Å². The summed E-state index contributed by atoms with van der Waals surface area (Å²) in [5, 5.41) is 4.08. The minimum atomic E-state index is 0. The van der Waals surface area contributed by atoms with Crippen molar-refractivity contribution in [1.82, 2.24) is 4.98 Å². The Morgan fingerprint density at radius 2 is 2.18 bits per heavy atom. The zero-order chi connectivity index (χ0) is 14.2. The molecule has 0 spiro atoms. The van der Waals surface area contributed by atoms with Gasteiger partial charge in [-0.25, -0.2) is 4.98 Å². The number of anilines is 2. The molecule has 1 radical (unpaired) electrons. The SMILES string of the molecule is COc1ccc2c(c1)CCc1sc(Nc3ccco3)nc1-2.[Mn+2]. The van der Waals surface area contributed by atoms with Crippen molar-refractivity contribution in [3.8, 4) is 17.0 Å². The molecular weight excluding hydrogens is 339 g/mol. The fourth-order valence-electron chi connectivity index (χ4n) is 2.62. The molecule has 0 saturated heterocycles. The zero-order valence-electron chi connectivity index (χ0n) is 11.9. The van der Waals surface area contributed by atoms with Crippen LogP contribution in [-0.4, -0.2) is 12.1 Å². The van der Waals surface area contributed by atoms with E-state index in [9.17, 15) is 0 Å². The fourth-order valence-corrected chi connectivity index (χ4v) is 3.60. The molecule has 6 heteroatoms.